The topological polar surface area (TPSA) is 42.0 Å². The van der Waals surface area contributed by atoms with Crippen molar-refractivity contribution in [3.8, 4) is 0 Å². The molecule has 2 aromatic carbocycles. The molecule has 3 nitrogen and oxygen atoms in total. The van der Waals surface area contributed by atoms with Crippen molar-refractivity contribution in [2.45, 2.75) is 26.3 Å². The highest BCUT2D eigenvalue weighted by atomic mass is 32.1. The van der Waals surface area contributed by atoms with Gasteiger partial charge in [0.15, 0.2) is 0 Å². The van der Waals surface area contributed by atoms with Crippen LogP contribution in [0.25, 0.3) is 6.08 Å². The van der Waals surface area contributed by atoms with E-state index >= 15 is 0 Å². The largest absolute Gasteiger partial charge is 0.297 e. The average Bonchev–Trinajstić information content (AvgIpc) is 3.16. The lowest BCUT2D eigenvalue weighted by Crippen LogP contribution is -2.35. The van der Waals surface area contributed by atoms with Crippen molar-refractivity contribution in [3.05, 3.63) is 94.9 Å². The smallest absolute Gasteiger partial charge is 0.205 e. The summed E-state index contributed by atoms with van der Waals surface area (Å²) in [4.78, 5) is 4.50. The first-order valence-electron chi connectivity index (χ1n) is 10.1. The van der Waals surface area contributed by atoms with E-state index in [0.717, 1.165) is 26.9 Å². The molecule has 0 bridgehead atoms. The van der Waals surface area contributed by atoms with Gasteiger partial charge in [0.05, 0.1) is 13.4 Å². The van der Waals surface area contributed by atoms with Crippen molar-refractivity contribution in [1.82, 2.24) is 10.1 Å². The first kappa shape index (κ1) is 17.8. The quantitative estimate of drug-likeness (QED) is 0.404. The number of hydrogen-bond acceptors (Lipinski definition) is 3. The van der Waals surface area contributed by atoms with E-state index in [1.807, 2.05) is 86.0 Å². The molecule has 144 valence electrons. The monoisotopic (exact) mass is 410 g/mol. The number of aryl methyl sites for hydroxylation is 1. The summed E-state index contributed by atoms with van der Waals surface area (Å²) >= 11 is 1.58. The van der Waals surface area contributed by atoms with Gasteiger partial charge in [-0.25, -0.2) is 4.98 Å². The summed E-state index contributed by atoms with van der Waals surface area (Å²) in [5.74, 6) is 0. The highest BCUT2D eigenvalue weighted by molar-refractivity contribution is 7.76. The minimum Gasteiger partial charge on any atom is -0.297 e. The Balaban J connectivity index is 2.03. The predicted molar refractivity (Wildman–Crippen MR) is 122 cm³/mol. The van der Waals surface area contributed by atoms with Gasteiger partial charge in [-0.05, 0) is 50.6 Å². The van der Waals surface area contributed by atoms with Crippen LogP contribution >= 0.6 is 18.6 Å². The van der Waals surface area contributed by atoms with Crippen molar-refractivity contribution < 1.29 is 7.31 Å². The fraction of sp³-hybridized carbons (Fsp3) is 0.174. The third-order valence-corrected chi connectivity index (χ3v) is 8.01. The van der Waals surface area contributed by atoms with E-state index in [1.54, 1.807) is 11.3 Å². The second kappa shape index (κ2) is 9.29. The Morgan fingerprint density at radius 2 is 1.82 bits per heavy atom. The molecule has 0 aliphatic carbocycles. The van der Waals surface area contributed by atoms with E-state index in [4.69, 9.17) is 2.74 Å². The highest BCUT2D eigenvalue weighted by Crippen LogP contribution is 2.40. The number of thiazole rings is 1. The van der Waals surface area contributed by atoms with Gasteiger partial charge in [-0.1, -0.05) is 48.0 Å². The summed E-state index contributed by atoms with van der Waals surface area (Å²) < 4.78 is 29.4. The van der Waals surface area contributed by atoms with E-state index in [0.29, 0.717) is 6.42 Å². The van der Waals surface area contributed by atoms with Gasteiger partial charge in [-0.15, -0.1) is 17.9 Å². The van der Waals surface area contributed by atoms with Crippen molar-refractivity contribution in [1.29, 1.82) is 0 Å². The molecule has 0 aliphatic rings. The average molecular weight is 411 g/mol. The lowest BCUT2D eigenvalue weighted by molar-refractivity contribution is 0.568. The molecule has 0 saturated heterocycles. The minimum absolute atomic E-state index is 0.256. The summed E-state index contributed by atoms with van der Waals surface area (Å²) in [6, 6.07) is 18.5. The van der Waals surface area contributed by atoms with Crippen molar-refractivity contribution in [2.24, 2.45) is 0 Å². The summed E-state index contributed by atoms with van der Waals surface area (Å²) in [6.07, 6.45) is 3.89. The van der Waals surface area contributed by atoms with E-state index in [2.05, 4.69) is 10.1 Å². The molecule has 0 radical (unpaired) electrons. The highest BCUT2D eigenvalue weighted by Gasteiger charge is 2.30. The molecule has 0 saturated carbocycles. The van der Waals surface area contributed by atoms with Crippen LogP contribution in [0.15, 0.2) is 84.2 Å². The Labute approximate surface area is 174 Å². The molecular formula is C23H25N2OPS. The Kier molecular flexibility index (Phi) is 5.91. The molecule has 28 heavy (non-hydrogen) atoms. The first-order valence-corrected chi connectivity index (χ1v) is 11.7. The Hall–Kier alpha value is -2.26. The molecule has 0 amide bonds. The van der Waals surface area contributed by atoms with Crippen LogP contribution in [0.2, 0.25) is 0 Å². The maximum Gasteiger partial charge on any atom is 0.205 e. The minimum atomic E-state index is -3.15. The number of hydrogen-bond donors (Lipinski definition) is 1. The predicted octanol–water partition coefficient (Wildman–Crippen LogP) is 5.32. The molecule has 3 rings (SSSR count). The first-order chi connectivity index (χ1) is 14.4. The number of benzene rings is 2. The maximum atomic E-state index is 14.4. The van der Waals surface area contributed by atoms with Gasteiger partial charge in [-0.3, -0.25) is 9.65 Å². The van der Waals surface area contributed by atoms with Crippen LogP contribution in [-0.4, -0.2) is 11.0 Å². The number of rotatable bonds is 8. The van der Waals surface area contributed by atoms with Gasteiger partial charge in [0.25, 0.3) is 0 Å². The standard InChI is InChI=1S/C23H25N2OPS/c1-4-11-23(18(2)16-20-17-28-19(3)24-20)25-27(26,21-12-7-5-8-13-21)22-14-9-6-10-15-22/h4-10,12-17,23H,1,11H2,2-3H3,(H,25,26)/b18-16+/t23-/m1/s1/i1D2. The molecular weight excluding hydrogens is 383 g/mol. The Morgan fingerprint density at radius 1 is 1.21 bits per heavy atom. The lowest BCUT2D eigenvalue weighted by Gasteiger charge is -2.27. The lowest BCUT2D eigenvalue weighted by atomic mass is 10.1. The molecule has 0 fully saturated rings. The van der Waals surface area contributed by atoms with Crippen LogP contribution in [0.1, 0.15) is 26.8 Å². The van der Waals surface area contributed by atoms with E-state index in [1.165, 1.54) is 6.08 Å². The molecule has 1 aromatic heterocycles. The van der Waals surface area contributed by atoms with Crippen LogP contribution in [0.5, 0.6) is 0 Å². The van der Waals surface area contributed by atoms with Crippen LogP contribution in [0, 0.1) is 6.92 Å². The molecule has 1 N–H and O–H groups in total. The van der Waals surface area contributed by atoms with Gasteiger partial charge in [0.2, 0.25) is 7.29 Å². The Morgan fingerprint density at radius 3 is 2.32 bits per heavy atom. The zero-order valence-electron chi connectivity index (χ0n) is 18.0. The van der Waals surface area contributed by atoms with Gasteiger partial charge in [0.1, 0.15) is 0 Å². The van der Waals surface area contributed by atoms with Crippen molar-refractivity contribution in [2.75, 3.05) is 0 Å². The fourth-order valence-corrected chi connectivity index (χ4v) is 6.13. The summed E-state index contributed by atoms with van der Waals surface area (Å²) in [5, 5.41) is 7.81. The SMILES string of the molecule is [2H]C([2H])=CC[C@@H](NP(=O)(c1ccccc1)c1ccccc1)/C(C)=C/c1csc(C)n1. The van der Waals surface area contributed by atoms with Gasteiger partial charge >= 0.3 is 0 Å². The third kappa shape index (κ3) is 4.77. The summed E-state index contributed by atoms with van der Waals surface area (Å²) in [5.41, 5.74) is 1.81. The molecule has 5 heteroatoms. The zero-order chi connectivity index (χ0) is 21.6. The third-order valence-electron chi connectivity index (χ3n) is 4.49. The number of nitrogens with one attached hydrogen (secondary N) is 1. The number of nitrogens with zero attached hydrogens (tertiary/aromatic N) is 1. The second-order valence-corrected chi connectivity index (χ2v) is 10.2. The molecule has 0 aliphatic heterocycles. The van der Waals surface area contributed by atoms with Crippen LogP contribution in [0.4, 0.5) is 0 Å². The van der Waals surface area contributed by atoms with Gasteiger partial charge in [0, 0.05) is 22.0 Å². The second-order valence-electron chi connectivity index (χ2n) is 6.58. The fourth-order valence-electron chi connectivity index (χ4n) is 3.03. The molecule has 0 unspecified atom stereocenters. The van der Waals surface area contributed by atoms with E-state index < -0.39 is 7.29 Å². The number of aromatic nitrogens is 1. The molecule has 0 spiro atoms. The molecule has 1 atom stereocenters. The zero-order valence-corrected chi connectivity index (χ0v) is 17.7. The van der Waals surface area contributed by atoms with Crippen molar-refractivity contribution in [3.63, 3.8) is 0 Å². The maximum absolute atomic E-state index is 14.4. The van der Waals surface area contributed by atoms with Crippen molar-refractivity contribution >= 4 is 35.3 Å². The van der Waals surface area contributed by atoms with Gasteiger partial charge in [-0.2, -0.15) is 0 Å². The van der Waals surface area contributed by atoms with Crippen LogP contribution in [-0.2, 0) is 4.57 Å². The molecule has 3 aromatic rings. The van der Waals surface area contributed by atoms with Crippen LogP contribution < -0.4 is 15.7 Å². The Bertz CT molecular complexity index is 1030. The summed E-state index contributed by atoms with van der Waals surface area (Å²) in [6.45, 7) is 3.67. The van der Waals surface area contributed by atoms with E-state index in [9.17, 15) is 4.57 Å². The normalized spacial score (nSPS) is 14.1. The van der Waals surface area contributed by atoms with Gasteiger partial charge < -0.3 is 0 Å². The summed E-state index contributed by atoms with van der Waals surface area (Å²) in [7, 11) is -3.15. The van der Waals surface area contributed by atoms with Crippen LogP contribution in [0.3, 0.4) is 0 Å². The molecule has 1 heterocycles. The van der Waals surface area contributed by atoms with E-state index in [-0.39, 0.29) is 12.6 Å².